The van der Waals surface area contributed by atoms with E-state index in [1.807, 2.05) is 32.2 Å². The Kier molecular flexibility index (Phi) is 4.98. The number of methoxy groups -OCH3 is 1. The van der Waals surface area contributed by atoms with E-state index in [0.29, 0.717) is 0 Å². The summed E-state index contributed by atoms with van der Waals surface area (Å²) in [6.45, 7) is 4.15. The van der Waals surface area contributed by atoms with Gasteiger partial charge in [-0.25, -0.2) is 9.97 Å². The lowest BCUT2D eigenvalue weighted by Gasteiger charge is -2.16. The van der Waals surface area contributed by atoms with Crippen LogP contribution in [-0.2, 0) is 6.42 Å². The van der Waals surface area contributed by atoms with Gasteiger partial charge in [0.25, 0.3) is 0 Å². The highest BCUT2D eigenvalue weighted by atomic mass is 16.5. The molecule has 1 aromatic heterocycles. The maximum absolute atomic E-state index is 5.18. The summed E-state index contributed by atoms with van der Waals surface area (Å²) in [6.07, 6.45) is 0.807. The van der Waals surface area contributed by atoms with Crippen LogP contribution >= 0.6 is 0 Å². The molecule has 5 nitrogen and oxygen atoms in total. The molecule has 0 fully saturated rings. The molecule has 5 heteroatoms. The van der Waals surface area contributed by atoms with Gasteiger partial charge in [0, 0.05) is 25.6 Å². The number of aryl methyl sites for hydroxylation is 1. The Morgan fingerprint density at radius 1 is 1.14 bits per heavy atom. The molecule has 0 radical (unpaired) electrons. The van der Waals surface area contributed by atoms with Gasteiger partial charge in [0.15, 0.2) is 0 Å². The molecule has 2 aromatic rings. The fourth-order valence-corrected chi connectivity index (χ4v) is 2.05. The average Bonchev–Trinajstić information content (AvgIpc) is 2.54. The van der Waals surface area contributed by atoms with Crippen LogP contribution < -0.4 is 15.4 Å². The van der Waals surface area contributed by atoms with Crippen molar-refractivity contribution in [3.8, 4) is 5.75 Å². The molecule has 0 aliphatic heterocycles. The number of hydrogen-bond acceptors (Lipinski definition) is 5. The average molecular weight is 286 g/mol. The standard InChI is InChI=1S/C16H22N4O/c1-5-14-19-15(17-3)10-16(20-14)18-11(2)12-6-8-13(21-4)9-7-12/h6-11H,5H2,1-4H3,(H2,17,18,19,20). The molecule has 1 atom stereocenters. The number of hydrogen-bond donors (Lipinski definition) is 2. The van der Waals surface area contributed by atoms with Crippen molar-refractivity contribution in [3.63, 3.8) is 0 Å². The Morgan fingerprint density at radius 3 is 2.38 bits per heavy atom. The summed E-state index contributed by atoms with van der Waals surface area (Å²) in [5.41, 5.74) is 1.18. The van der Waals surface area contributed by atoms with E-state index in [4.69, 9.17) is 4.74 Å². The van der Waals surface area contributed by atoms with Gasteiger partial charge in [-0.3, -0.25) is 0 Å². The van der Waals surface area contributed by atoms with Crippen LogP contribution in [-0.4, -0.2) is 24.1 Å². The second-order valence-electron chi connectivity index (χ2n) is 4.80. The molecule has 112 valence electrons. The summed E-state index contributed by atoms with van der Waals surface area (Å²) in [7, 11) is 3.53. The quantitative estimate of drug-likeness (QED) is 0.853. The van der Waals surface area contributed by atoms with Gasteiger partial charge in [-0.15, -0.1) is 0 Å². The number of ether oxygens (including phenoxy) is 1. The maximum atomic E-state index is 5.18. The smallest absolute Gasteiger partial charge is 0.132 e. The molecule has 0 saturated carbocycles. The van der Waals surface area contributed by atoms with Crippen LogP contribution in [0.5, 0.6) is 5.75 Å². The largest absolute Gasteiger partial charge is 0.497 e. The summed E-state index contributed by atoms with van der Waals surface area (Å²) < 4.78 is 5.18. The van der Waals surface area contributed by atoms with Crippen LogP contribution in [0.4, 0.5) is 11.6 Å². The van der Waals surface area contributed by atoms with Gasteiger partial charge in [-0.2, -0.15) is 0 Å². The minimum absolute atomic E-state index is 0.153. The number of nitrogens with zero attached hydrogens (tertiary/aromatic N) is 2. The van der Waals surface area contributed by atoms with Gasteiger partial charge in [-0.05, 0) is 24.6 Å². The highest BCUT2D eigenvalue weighted by Gasteiger charge is 2.08. The van der Waals surface area contributed by atoms with Crippen LogP contribution in [0.15, 0.2) is 30.3 Å². The second-order valence-corrected chi connectivity index (χ2v) is 4.80. The topological polar surface area (TPSA) is 59.1 Å². The number of aromatic nitrogens is 2. The molecule has 0 spiro atoms. The third-order valence-electron chi connectivity index (χ3n) is 3.33. The fraction of sp³-hybridized carbons (Fsp3) is 0.375. The van der Waals surface area contributed by atoms with Gasteiger partial charge in [-0.1, -0.05) is 19.1 Å². The molecule has 21 heavy (non-hydrogen) atoms. The van der Waals surface area contributed by atoms with E-state index in [1.165, 1.54) is 5.56 Å². The lowest BCUT2D eigenvalue weighted by Crippen LogP contribution is -2.10. The first kappa shape index (κ1) is 15.1. The zero-order chi connectivity index (χ0) is 15.2. The SMILES string of the molecule is CCc1nc(NC)cc(NC(C)c2ccc(OC)cc2)n1. The Labute approximate surface area is 125 Å². The summed E-state index contributed by atoms with van der Waals surface area (Å²) in [5.74, 6) is 3.34. The number of rotatable bonds is 6. The lowest BCUT2D eigenvalue weighted by molar-refractivity contribution is 0.414. The Bertz CT molecular complexity index is 561. The summed E-state index contributed by atoms with van der Waals surface area (Å²) in [5, 5.41) is 6.48. The molecule has 1 aromatic carbocycles. The molecule has 1 heterocycles. The van der Waals surface area contributed by atoms with Gasteiger partial charge in [0.1, 0.15) is 23.2 Å². The molecule has 0 amide bonds. The molecule has 1 unspecified atom stereocenters. The number of nitrogens with one attached hydrogen (secondary N) is 2. The first-order valence-electron chi connectivity index (χ1n) is 7.12. The predicted octanol–water partition coefficient (Wildman–Crippen LogP) is 3.26. The zero-order valence-corrected chi connectivity index (χ0v) is 13.0. The van der Waals surface area contributed by atoms with Crippen molar-refractivity contribution < 1.29 is 4.74 Å². The van der Waals surface area contributed by atoms with Crippen molar-refractivity contribution in [1.29, 1.82) is 0 Å². The van der Waals surface area contributed by atoms with Crippen molar-refractivity contribution in [2.24, 2.45) is 0 Å². The number of benzene rings is 1. The molecular weight excluding hydrogens is 264 g/mol. The van der Waals surface area contributed by atoms with E-state index in [9.17, 15) is 0 Å². The minimum atomic E-state index is 0.153. The first-order valence-corrected chi connectivity index (χ1v) is 7.12. The highest BCUT2D eigenvalue weighted by Crippen LogP contribution is 2.21. The lowest BCUT2D eigenvalue weighted by atomic mass is 10.1. The van der Waals surface area contributed by atoms with E-state index in [0.717, 1.165) is 29.6 Å². The molecule has 0 aliphatic carbocycles. The van der Waals surface area contributed by atoms with Gasteiger partial charge in [0.05, 0.1) is 7.11 Å². The highest BCUT2D eigenvalue weighted by molar-refractivity contribution is 5.48. The minimum Gasteiger partial charge on any atom is -0.497 e. The monoisotopic (exact) mass is 286 g/mol. The predicted molar refractivity (Wildman–Crippen MR) is 86.0 cm³/mol. The van der Waals surface area contributed by atoms with Crippen LogP contribution in [0, 0.1) is 0 Å². The van der Waals surface area contributed by atoms with Crippen molar-refractivity contribution in [3.05, 3.63) is 41.7 Å². The molecule has 2 N–H and O–H groups in total. The summed E-state index contributed by atoms with van der Waals surface area (Å²) in [4.78, 5) is 8.91. The van der Waals surface area contributed by atoms with Gasteiger partial charge >= 0.3 is 0 Å². The molecular formula is C16H22N4O. The summed E-state index contributed by atoms with van der Waals surface area (Å²) >= 11 is 0. The molecule has 0 aliphatic rings. The van der Waals surface area contributed by atoms with E-state index in [2.05, 4.69) is 39.7 Å². The van der Waals surface area contributed by atoms with Crippen LogP contribution in [0.3, 0.4) is 0 Å². The van der Waals surface area contributed by atoms with Crippen LogP contribution in [0.2, 0.25) is 0 Å². The zero-order valence-electron chi connectivity index (χ0n) is 13.0. The Morgan fingerprint density at radius 2 is 1.81 bits per heavy atom. The van der Waals surface area contributed by atoms with Crippen molar-refractivity contribution in [1.82, 2.24) is 9.97 Å². The normalized spacial score (nSPS) is 11.8. The fourth-order valence-electron chi connectivity index (χ4n) is 2.05. The Balaban J connectivity index is 2.15. The van der Waals surface area contributed by atoms with Gasteiger partial charge < -0.3 is 15.4 Å². The van der Waals surface area contributed by atoms with Crippen molar-refractivity contribution >= 4 is 11.6 Å². The third kappa shape index (κ3) is 3.84. The summed E-state index contributed by atoms with van der Waals surface area (Å²) in [6, 6.07) is 10.1. The van der Waals surface area contributed by atoms with Gasteiger partial charge in [0.2, 0.25) is 0 Å². The molecule has 0 saturated heterocycles. The molecule has 2 rings (SSSR count). The van der Waals surface area contributed by atoms with E-state index >= 15 is 0 Å². The van der Waals surface area contributed by atoms with E-state index in [-0.39, 0.29) is 6.04 Å². The van der Waals surface area contributed by atoms with E-state index in [1.54, 1.807) is 7.11 Å². The first-order chi connectivity index (χ1) is 10.2. The molecule has 0 bridgehead atoms. The Hall–Kier alpha value is -2.30. The number of anilines is 2. The van der Waals surface area contributed by atoms with E-state index < -0.39 is 0 Å². The van der Waals surface area contributed by atoms with Crippen LogP contribution in [0.1, 0.15) is 31.3 Å². The van der Waals surface area contributed by atoms with Crippen LogP contribution in [0.25, 0.3) is 0 Å². The second kappa shape index (κ2) is 6.92. The maximum Gasteiger partial charge on any atom is 0.132 e. The van der Waals surface area contributed by atoms with Crippen molar-refractivity contribution in [2.45, 2.75) is 26.3 Å². The van der Waals surface area contributed by atoms with Crippen molar-refractivity contribution in [2.75, 3.05) is 24.8 Å². The third-order valence-corrected chi connectivity index (χ3v) is 3.33.